The molecule has 1 aliphatic rings. The number of carbonyl (C=O) groups excluding carboxylic acids is 1. The Kier molecular flexibility index (Phi) is 4.35. The van der Waals surface area contributed by atoms with Gasteiger partial charge in [-0.05, 0) is 12.0 Å². The molecule has 1 aromatic rings. The molecule has 0 radical (unpaired) electrons. The van der Waals surface area contributed by atoms with Gasteiger partial charge in [0, 0.05) is 5.75 Å². The van der Waals surface area contributed by atoms with Gasteiger partial charge in [0.25, 0.3) is 0 Å². The van der Waals surface area contributed by atoms with E-state index in [2.05, 4.69) is 0 Å². The Hall–Kier alpha value is -1.53. The molecule has 2 rings (SSSR count). The van der Waals surface area contributed by atoms with Crippen LogP contribution in [0.5, 0.6) is 0 Å². The monoisotopic (exact) mass is 294 g/mol. The molecule has 6 heteroatoms. The maximum absolute atomic E-state index is 12.2. The number of nitrogens with two attached hydrogens (primary N) is 1. The molecule has 5 nitrogen and oxygen atoms in total. The maximum Gasteiger partial charge on any atom is 0.327 e. The van der Waals surface area contributed by atoms with Gasteiger partial charge in [-0.3, -0.25) is 4.79 Å². The molecule has 1 saturated heterocycles. The van der Waals surface area contributed by atoms with Crippen molar-refractivity contribution in [2.45, 2.75) is 24.3 Å². The van der Waals surface area contributed by atoms with E-state index >= 15 is 0 Å². The number of aliphatic carboxylic acids is 1. The van der Waals surface area contributed by atoms with Crippen LogP contribution in [-0.2, 0) is 14.5 Å². The summed E-state index contributed by atoms with van der Waals surface area (Å²) in [5, 5.41) is 9.35. The topological polar surface area (TPSA) is 83.6 Å². The molecule has 3 N–H and O–H groups in total. The van der Waals surface area contributed by atoms with E-state index in [4.69, 9.17) is 5.73 Å². The molecule has 0 spiro atoms. The van der Waals surface area contributed by atoms with Crippen molar-refractivity contribution in [1.82, 2.24) is 4.90 Å². The number of carbonyl (C=O) groups is 2. The van der Waals surface area contributed by atoms with Crippen molar-refractivity contribution in [3.63, 3.8) is 0 Å². The minimum Gasteiger partial charge on any atom is -0.480 e. The number of amides is 1. The van der Waals surface area contributed by atoms with E-state index in [-0.39, 0.29) is 12.5 Å². The minimum atomic E-state index is -0.981. The van der Waals surface area contributed by atoms with E-state index in [1.54, 1.807) is 0 Å². The lowest BCUT2D eigenvalue weighted by Gasteiger charge is -2.39. The molecule has 1 amide bonds. The van der Waals surface area contributed by atoms with Crippen molar-refractivity contribution in [1.29, 1.82) is 0 Å². The lowest BCUT2D eigenvalue weighted by molar-refractivity contribution is -0.151. The quantitative estimate of drug-likeness (QED) is 0.873. The van der Waals surface area contributed by atoms with Gasteiger partial charge in [0.05, 0.1) is 6.54 Å². The first-order valence-corrected chi connectivity index (χ1v) is 7.50. The standard InChI is InChI=1S/C14H18N2O3S/c1-2-14(10-6-4-3-5-7-10)16(12(17)8-15)11(9-20-14)13(18)19/h3-7,11H,2,8-9,15H2,1H3,(H,18,19). The fraction of sp³-hybridized carbons (Fsp3) is 0.429. The summed E-state index contributed by atoms with van der Waals surface area (Å²) in [7, 11) is 0. The lowest BCUT2D eigenvalue weighted by atomic mass is 10.00. The van der Waals surface area contributed by atoms with Crippen LogP contribution in [0.25, 0.3) is 0 Å². The zero-order valence-electron chi connectivity index (χ0n) is 11.3. The van der Waals surface area contributed by atoms with Crippen molar-refractivity contribution >= 4 is 23.6 Å². The van der Waals surface area contributed by atoms with Crippen LogP contribution in [0.4, 0.5) is 0 Å². The molecular weight excluding hydrogens is 276 g/mol. The van der Waals surface area contributed by atoms with Crippen molar-refractivity contribution in [3.05, 3.63) is 35.9 Å². The highest BCUT2D eigenvalue weighted by Gasteiger charge is 2.51. The first-order chi connectivity index (χ1) is 9.56. The zero-order chi connectivity index (χ0) is 14.8. The fourth-order valence-corrected chi connectivity index (χ4v) is 4.27. The second-order valence-electron chi connectivity index (χ2n) is 4.64. The van der Waals surface area contributed by atoms with Gasteiger partial charge in [-0.25, -0.2) is 4.79 Å². The van der Waals surface area contributed by atoms with Gasteiger partial charge in [0.1, 0.15) is 10.9 Å². The zero-order valence-corrected chi connectivity index (χ0v) is 12.1. The van der Waals surface area contributed by atoms with Gasteiger partial charge in [-0.2, -0.15) is 0 Å². The van der Waals surface area contributed by atoms with Crippen molar-refractivity contribution < 1.29 is 14.7 Å². The number of benzene rings is 1. The normalized spacial score (nSPS) is 25.7. The number of nitrogens with zero attached hydrogens (tertiary/aromatic N) is 1. The molecule has 1 aliphatic heterocycles. The number of hydrogen-bond donors (Lipinski definition) is 2. The van der Waals surface area contributed by atoms with E-state index < -0.39 is 16.9 Å². The molecule has 1 heterocycles. The Morgan fingerprint density at radius 1 is 1.45 bits per heavy atom. The molecule has 2 atom stereocenters. The van der Waals surface area contributed by atoms with Crippen LogP contribution in [0.1, 0.15) is 18.9 Å². The van der Waals surface area contributed by atoms with Crippen molar-refractivity contribution in [3.8, 4) is 0 Å². The molecule has 1 fully saturated rings. The molecule has 0 aromatic heterocycles. The predicted molar refractivity (Wildman–Crippen MR) is 78.2 cm³/mol. The molecule has 0 bridgehead atoms. The molecule has 108 valence electrons. The molecule has 0 saturated carbocycles. The first-order valence-electron chi connectivity index (χ1n) is 6.51. The Morgan fingerprint density at radius 2 is 2.10 bits per heavy atom. The largest absolute Gasteiger partial charge is 0.480 e. The first kappa shape index (κ1) is 14.9. The highest BCUT2D eigenvalue weighted by molar-refractivity contribution is 8.00. The predicted octanol–water partition coefficient (Wildman–Crippen LogP) is 1.24. The Morgan fingerprint density at radius 3 is 2.60 bits per heavy atom. The van der Waals surface area contributed by atoms with E-state index in [1.165, 1.54) is 16.7 Å². The SMILES string of the molecule is CCC1(c2ccccc2)SCC(C(=O)O)N1C(=O)CN. The van der Waals surface area contributed by atoms with Gasteiger partial charge in [0.15, 0.2) is 0 Å². The highest BCUT2D eigenvalue weighted by atomic mass is 32.2. The maximum atomic E-state index is 12.2. The van der Waals surface area contributed by atoms with Gasteiger partial charge in [0.2, 0.25) is 5.91 Å². The Bertz CT molecular complexity index is 508. The van der Waals surface area contributed by atoms with Crippen LogP contribution >= 0.6 is 11.8 Å². The van der Waals surface area contributed by atoms with E-state index in [0.29, 0.717) is 12.2 Å². The third-order valence-corrected chi connectivity index (χ3v) is 5.29. The Balaban J connectivity index is 2.51. The number of carboxylic acids is 1. The fourth-order valence-electron chi connectivity index (χ4n) is 2.67. The van der Waals surface area contributed by atoms with Crippen LogP contribution in [0.2, 0.25) is 0 Å². The van der Waals surface area contributed by atoms with Gasteiger partial charge in [-0.15, -0.1) is 11.8 Å². The second kappa shape index (κ2) is 5.85. The molecule has 1 aromatic carbocycles. The molecule has 20 heavy (non-hydrogen) atoms. The van der Waals surface area contributed by atoms with Crippen molar-refractivity contribution in [2.75, 3.05) is 12.3 Å². The Labute approximate surface area is 122 Å². The van der Waals surface area contributed by atoms with E-state index in [0.717, 1.165) is 5.56 Å². The third-order valence-electron chi connectivity index (χ3n) is 3.61. The highest BCUT2D eigenvalue weighted by Crippen LogP contribution is 2.49. The summed E-state index contributed by atoms with van der Waals surface area (Å²) in [5.41, 5.74) is 6.42. The summed E-state index contributed by atoms with van der Waals surface area (Å²) in [6.45, 7) is 1.78. The number of carboxylic acid groups (broad SMARTS) is 1. The summed E-state index contributed by atoms with van der Waals surface area (Å²) < 4.78 is 0. The van der Waals surface area contributed by atoms with Crippen LogP contribution in [0.3, 0.4) is 0 Å². The summed E-state index contributed by atoms with van der Waals surface area (Å²) in [6, 6.07) is 8.72. The summed E-state index contributed by atoms with van der Waals surface area (Å²) in [6.07, 6.45) is 0.636. The minimum absolute atomic E-state index is 0.182. The summed E-state index contributed by atoms with van der Waals surface area (Å²) >= 11 is 1.50. The molecular formula is C14H18N2O3S. The smallest absolute Gasteiger partial charge is 0.327 e. The van der Waals surface area contributed by atoms with Crippen LogP contribution in [0, 0.1) is 0 Å². The van der Waals surface area contributed by atoms with Gasteiger partial charge in [-0.1, -0.05) is 37.3 Å². The molecule has 2 unspecified atom stereocenters. The average Bonchev–Trinajstić information content (AvgIpc) is 2.88. The van der Waals surface area contributed by atoms with Crippen LogP contribution in [-0.4, -0.2) is 40.2 Å². The third kappa shape index (κ3) is 2.29. The number of thioether (sulfide) groups is 1. The average molecular weight is 294 g/mol. The van der Waals surface area contributed by atoms with Crippen LogP contribution < -0.4 is 5.73 Å². The summed E-state index contributed by atoms with van der Waals surface area (Å²) in [4.78, 5) is 24.4. The van der Waals surface area contributed by atoms with Gasteiger partial charge >= 0.3 is 5.97 Å². The lowest BCUT2D eigenvalue weighted by Crippen LogP contribution is -2.52. The van der Waals surface area contributed by atoms with E-state index in [9.17, 15) is 14.7 Å². The number of rotatable bonds is 4. The number of hydrogen-bond acceptors (Lipinski definition) is 4. The van der Waals surface area contributed by atoms with E-state index in [1.807, 2.05) is 37.3 Å². The second-order valence-corrected chi connectivity index (χ2v) is 5.93. The van der Waals surface area contributed by atoms with Gasteiger partial charge < -0.3 is 15.7 Å². The van der Waals surface area contributed by atoms with Crippen molar-refractivity contribution in [2.24, 2.45) is 5.73 Å². The molecule has 0 aliphatic carbocycles. The summed E-state index contributed by atoms with van der Waals surface area (Å²) in [5.74, 6) is -0.928. The van der Waals surface area contributed by atoms with Crippen LogP contribution in [0.15, 0.2) is 30.3 Å².